The molecule has 0 amide bonds. The van der Waals surface area contributed by atoms with Crippen molar-refractivity contribution in [1.82, 2.24) is 0 Å². The highest BCUT2D eigenvalue weighted by molar-refractivity contribution is 7.99. The lowest BCUT2D eigenvalue weighted by molar-refractivity contribution is -0.481. The Morgan fingerprint density at radius 1 is 1.64 bits per heavy atom. The first-order valence-electron chi connectivity index (χ1n) is 3.98. The summed E-state index contributed by atoms with van der Waals surface area (Å²) in [7, 11) is 0. The van der Waals surface area contributed by atoms with Gasteiger partial charge in [-0.15, -0.1) is 0 Å². The van der Waals surface area contributed by atoms with Crippen LogP contribution in [0.25, 0.3) is 0 Å². The molecule has 0 saturated carbocycles. The van der Waals surface area contributed by atoms with Gasteiger partial charge in [0.05, 0.1) is 0 Å². The molecule has 11 heavy (non-hydrogen) atoms. The number of hydrogen-bond acceptors (Lipinski definition) is 3. The second-order valence-corrected chi connectivity index (χ2v) is 4.08. The third-order valence-corrected chi connectivity index (χ3v) is 3.26. The molecule has 0 aliphatic carbocycles. The molecule has 64 valence electrons. The van der Waals surface area contributed by atoms with Gasteiger partial charge >= 0.3 is 0 Å². The fraction of sp³-hybridized carbons (Fsp3) is 1.00. The van der Waals surface area contributed by atoms with E-state index >= 15 is 0 Å². The van der Waals surface area contributed by atoms with Crippen LogP contribution >= 0.6 is 11.8 Å². The predicted octanol–water partition coefficient (Wildman–Crippen LogP) is 1.80. The highest BCUT2D eigenvalue weighted by atomic mass is 32.2. The zero-order valence-electron chi connectivity index (χ0n) is 6.49. The summed E-state index contributed by atoms with van der Waals surface area (Å²) >= 11 is 1.93. The minimum atomic E-state index is -0.209. The Balaban J connectivity index is 2.09. The van der Waals surface area contributed by atoms with Gasteiger partial charge in [0.1, 0.15) is 0 Å². The molecule has 0 radical (unpaired) electrons. The predicted molar refractivity (Wildman–Crippen MR) is 46.5 cm³/mol. The van der Waals surface area contributed by atoms with Gasteiger partial charge in [-0.2, -0.15) is 11.8 Å². The standard InChI is InChI=1S/C7H13NO2S/c9-8(10)4-3-7-2-1-5-11-6-7/h7H,1-6H2. The number of nitro groups is 1. The van der Waals surface area contributed by atoms with Crippen molar-refractivity contribution >= 4 is 11.8 Å². The SMILES string of the molecule is O=[N+]([O-])CCC1CCCSC1. The van der Waals surface area contributed by atoms with Gasteiger partial charge in [0.25, 0.3) is 0 Å². The molecule has 1 rings (SSSR count). The molecule has 1 aliphatic heterocycles. The molecule has 0 bridgehead atoms. The summed E-state index contributed by atoms with van der Waals surface area (Å²) in [4.78, 5) is 9.83. The minimum Gasteiger partial charge on any atom is -0.265 e. The lowest BCUT2D eigenvalue weighted by Crippen LogP contribution is -2.14. The quantitative estimate of drug-likeness (QED) is 0.485. The molecule has 4 heteroatoms. The number of rotatable bonds is 3. The first kappa shape index (κ1) is 8.84. The van der Waals surface area contributed by atoms with E-state index in [1.165, 1.54) is 18.6 Å². The van der Waals surface area contributed by atoms with Crippen molar-refractivity contribution in [3.8, 4) is 0 Å². The maximum atomic E-state index is 10.0. The Kier molecular flexibility index (Phi) is 3.69. The van der Waals surface area contributed by atoms with Crippen molar-refractivity contribution in [3.05, 3.63) is 10.1 Å². The summed E-state index contributed by atoms with van der Waals surface area (Å²) in [5.41, 5.74) is 0. The van der Waals surface area contributed by atoms with Crippen LogP contribution in [0.5, 0.6) is 0 Å². The lowest BCUT2D eigenvalue weighted by Gasteiger charge is -2.18. The summed E-state index contributed by atoms with van der Waals surface area (Å²) < 4.78 is 0. The maximum absolute atomic E-state index is 10.0. The number of nitrogens with zero attached hydrogens (tertiary/aromatic N) is 1. The van der Waals surface area contributed by atoms with E-state index in [4.69, 9.17) is 0 Å². The van der Waals surface area contributed by atoms with Gasteiger partial charge in [-0.05, 0) is 30.3 Å². The first-order valence-corrected chi connectivity index (χ1v) is 5.14. The van der Waals surface area contributed by atoms with Crippen LogP contribution in [-0.4, -0.2) is 23.0 Å². The molecule has 1 aliphatic rings. The van der Waals surface area contributed by atoms with Crippen molar-refractivity contribution in [2.75, 3.05) is 18.1 Å². The second kappa shape index (κ2) is 4.59. The monoisotopic (exact) mass is 175 g/mol. The fourth-order valence-corrected chi connectivity index (χ4v) is 2.53. The van der Waals surface area contributed by atoms with Crippen LogP contribution in [0.1, 0.15) is 19.3 Å². The molecule has 1 fully saturated rings. The summed E-state index contributed by atoms with van der Waals surface area (Å²) in [6.07, 6.45) is 3.22. The molecular formula is C7H13NO2S. The Hall–Kier alpha value is -0.250. The van der Waals surface area contributed by atoms with Crippen molar-refractivity contribution in [1.29, 1.82) is 0 Å². The van der Waals surface area contributed by atoms with E-state index in [2.05, 4.69) is 0 Å². The van der Waals surface area contributed by atoms with Crippen molar-refractivity contribution in [2.24, 2.45) is 5.92 Å². The van der Waals surface area contributed by atoms with Crippen LogP contribution in [0.3, 0.4) is 0 Å². The van der Waals surface area contributed by atoms with E-state index in [1.807, 2.05) is 11.8 Å². The zero-order chi connectivity index (χ0) is 8.10. The van der Waals surface area contributed by atoms with Gasteiger partial charge in [-0.25, -0.2) is 0 Å². The molecule has 1 saturated heterocycles. The van der Waals surface area contributed by atoms with Gasteiger partial charge in [-0.1, -0.05) is 0 Å². The van der Waals surface area contributed by atoms with Crippen molar-refractivity contribution < 1.29 is 4.92 Å². The molecule has 1 unspecified atom stereocenters. The second-order valence-electron chi connectivity index (χ2n) is 2.93. The molecule has 1 atom stereocenters. The Morgan fingerprint density at radius 3 is 3.00 bits per heavy atom. The Bertz CT molecular complexity index is 134. The van der Waals surface area contributed by atoms with E-state index in [0.717, 1.165) is 12.2 Å². The first-order chi connectivity index (χ1) is 5.29. The van der Waals surface area contributed by atoms with Crippen LogP contribution in [0.4, 0.5) is 0 Å². The fourth-order valence-electron chi connectivity index (χ4n) is 1.32. The molecule has 0 aromatic carbocycles. The topological polar surface area (TPSA) is 43.1 Å². The van der Waals surface area contributed by atoms with Crippen LogP contribution in [0.2, 0.25) is 0 Å². The van der Waals surface area contributed by atoms with E-state index in [-0.39, 0.29) is 11.5 Å². The summed E-state index contributed by atoms with van der Waals surface area (Å²) in [5.74, 6) is 2.99. The highest BCUT2D eigenvalue weighted by Gasteiger charge is 2.15. The van der Waals surface area contributed by atoms with E-state index in [1.54, 1.807) is 0 Å². The normalized spacial score (nSPS) is 24.9. The smallest absolute Gasteiger partial charge is 0.204 e. The van der Waals surface area contributed by atoms with Crippen molar-refractivity contribution in [3.63, 3.8) is 0 Å². The average molecular weight is 175 g/mol. The molecule has 0 aromatic rings. The molecular weight excluding hydrogens is 162 g/mol. The molecule has 1 heterocycles. The van der Waals surface area contributed by atoms with Gasteiger partial charge in [-0.3, -0.25) is 10.1 Å². The van der Waals surface area contributed by atoms with Gasteiger partial charge in [0, 0.05) is 11.3 Å². The van der Waals surface area contributed by atoms with E-state index < -0.39 is 0 Å². The molecule has 0 spiro atoms. The largest absolute Gasteiger partial charge is 0.265 e. The highest BCUT2D eigenvalue weighted by Crippen LogP contribution is 2.24. The minimum absolute atomic E-state index is 0.158. The Morgan fingerprint density at radius 2 is 2.45 bits per heavy atom. The van der Waals surface area contributed by atoms with Crippen LogP contribution in [0.15, 0.2) is 0 Å². The number of hydrogen-bond donors (Lipinski definition) is 0. The van der Waals surface area contributed by atoms with Crippen molar-refractivity contribution in [2.45, 2.75) is 19.3 Å². The summed E-state index contributed by atoms with van der Waals surface area (Å²) in [5, 5.41) is 10.0. The average Bonchev–Trinajstić information content (AvgIpc) is 2.03. The Labute approximate surface area is 70.7 Å². The van der Waals surface area contributed by atoms with E-state index in [0.29, 0.717) is 5.92 Å². The van der Waals surface area contributed by atoms with E-state index in [9.17, 15) is 10.1 Å². The molecule has 3 nitrogen and oxygen atoms in total. The van der Waals surface area contributed by atoms with Crippen LogP contribution < -0.4 is 0 Å². The van der Waals surface area contributed by atoms with Gasteiger partial charge < -0.3 is 0 Å². The maximum Gasteiger partial charge on any atom is 0.204 e. The van der Waals surface area contributed by atoms with Gasteiger partial charge in [0.2, 0.25) is 6.54 Å². The van der Waals surface area contributed by atoms with Crippen LogP contribution in [-0.2, 0) is 0 Å². The third-order valence-electron chi connectivity index (χ3n) is 1.97. The molecule has 0 aromatic heterocycles. The van der Waals surface area contributed by atoms with Crippen LogP contribution in [0, 0.1) is 16.0 Å². The molecule has 0 N–H and O–H groups in total. The lowest BCUT2D eigenvalue weighted by atomic mass is 10.0. The summed E-state index contributed by atoms with van der Waals surface area (Å²) in [6, 6.07) is 0. The summed E-state index contributed by atoms with van der Waals surface area (Å²) in [6.45, 7) is 0.158. The third kappa shape index (κ3) is 3.60. The zero-order valence-corrected chi connectivity index (χ0v) is 7.31. The van der Waals surface area contributed by atoms with Gasteiger partial charge in [0.15, 0.2) is 0 Å². The number of thioether (sulfide) groups is 1.